The Hall–Kier alpha value is -1.84. The standard InChI is InChI=1S/C19H26N2O2/c1-2-18(22)21-12-10-15(11-13-21)19(23)20-17-9-5-7-14-6-3-4-8-16(14)17/h3-4,6,8,15,17H,2,5,7,9-13H2,1H3,(H,20,23). The van der Waals surface area contributed by atoms with Gasteiger partial charge in [-0.05, 0) is 43.2 Å². The van der Waals surface area contributed by atoms with Crippen LogP contribution in [-0.2, 0) is 16.0 Å². The summed E-state index contributed by atoms with van der Waals surface area (Å²) in [5, 5.41) is 3.26. The number of piperidine rings is 1. The number of aryl methyl sites for hydroxylation is 1. The van der Waals surface area contributed by atoms with Gasteiger partial charge in [-0.3, -0.25) is 9.59 Å². The van der Waals surface area contributed by atoms with Crippen LogP contribution in [0.3, 0.4) is 0 Å². The van der Waals surface area contributed by atoms with Crippen molar-refractivity contribution >= 4 is 11.8 Å². The molecule has 1 N–H and O–H groups in total. The molecule has 1 aliphatic carbocycles. The smallest absolute Gasteiger partial charge is 0.223 e. The summed E-state index contributed by atoms with van der Waals surface area (Å²) in [6.45, 7) is 3.32. The number of hydrogen-bond acceptors (Lipinski definition) is 2. The fourth-order valence-corrected chi connectivity index (χ4v) is 3.81. The third-order valence-corrected chi connectivity index (χ3v) is 5.21. The number of rotatable bonds is 3. The summed E-state index contributed by atoms with van der Waals surface area (Å²) in [5.41, 5.74) is 2.65. The van der Waals surface area contributed by atoms with E-state index in [4.69, 9.17) is 0 Å². The first kappa shape index (κ1) is 16.0. The van der Waals surface area contributed by atoms with Gasteiger partial charge >= 0.3 is 0 Å². The second-order valence-corrected chi connectivity index (χ2v) is 6.66. The van der Waals surface area contributed by atoms with Crippen molar-refractivity contribution in [3.05, 3.63) is 35.4 Å². The molecule has 0 aromatic heterocycles. The zero-order valence-corrected chi connectivity index (χ0v) is 13.9. The molecule has 1 atom stereocenters. The van der Waals surface area contributed by atoms with Gasteiger partial charge in [0.1, 0.15) is 0 Å². The van der Waals surface area contributed by atoms with Gasteiger partial charge in [-0.2, -0.15) is 0 Å². The Kier molecular flexibility index (Phi) is 4.99. The molecule has 0 radical (unpaired) electrons. The molecule has 124 valence electrons. The van der Waals surface area contributed by atoms with E-state index in [1.54, 1.807) is 0 Å². The third-order valence-electron chi connectivity index (χ3n) is 5.21. The topological polar surface area (TPSA) is 49.4 Å². The molecule has 1 aliphatic heterocycles. The van der Waals surface area contributed by atoms with E-state index in [2.05, 4.69) is 29.6 Å². The van der Waals surface area contributed by atoms with Crippen LogP contribution in [0.15, 0.2) is 24.3 Å². The minimum absolute atomic E-state index is 0.0463. The molecule has 23 heavy (non-hydrogen) atoms. The van der Waals surface area contributed by atoms with E-state index in [-0.39, 0.29) is 23.8 Å². The maximum atomic E-state index is 12.6. The van der Waals surface area contributed by atoms with Crippen LogP contribution in [0.1, 0.15) is 56.2 Å². The molecular formula is C19H26N2O2. The van der Waals surface area contributed by atoms with Crippen molar-refractivity contribution in [3.8, 4) is 0 Å². The number of benzene rings is 1. The third kappa shape index (κ3) is 3.57. The van der Waals surface area contributed by atoms with E-state index in [0.29, 0.717) is 19.5 Å². The summed E-state index contributed by atoms with van der Waals surface area (Å²) in [4.78, 5) is 26.2. The molecule has 2 aliphatic rings. The maximum Gasteiger partial charge on any atom is 0.223 e. The Balaban J connectivity index is 1.58. The molecule has 1 heterocycles. The molecule has 0 saturated carbocycles. The first-order valence-corrected chi connectivity index (χ1v) is 8.85. The first-order chi connectivity index (χ1) is 11.2. The summed E-state index contributed by atoms with van der Waals surface area (Å²) in [5.74, 6) is 0.408. The molecule has 1 aromatic carbocycles. The normalized spacial score (nSPS) is 21.6. The van der Waals surface area contributed by atoms with Crippen molar-refractivity contribution in [2.45, 2.75) is 51.5 Å². The SMILES string of the molecule is CCC(=O)N1CCC(C(=O)NC2CCCc3ccccc32)CC1. The number of amides is 2. The van der Waals surface area contributed by atoms with Crippen molar-refractivity contribution in [3.63, 3.8) is 0 Å². The van der Waals surface area contributed by atoms with Crippen LogP contribution >= 0.6 is 0 Å². The lowest BCUT2D eigenvalue weighted by molar-refractivity contribution is -0.135. The van der Waals surface area contributed by atoms with Gasteiger partial charge in [0.25, 0.3) is 0 Å². The van der Waals surface area contributed by atoms with Gasteiger partial charge < -0.3 is 10.2 Å². The largest absolute Gasteiger partial charge is 0.349 e. The lowest BCUT2D eigenvalue weighted by atomic mass is 9.87. The predicted octanol–water partition coefficient (Wildman–Crippen LogP) is 2.83. The minimum atomic E-state index is 0.0463. The second kappa shape index (κ2) is 7.16. The quantitative estimate of drug-likeness (QED) is 0.932. The van der Waals surface area contributed by atoms with Crippen molar-refractivity contribution in [1.82, 2.24) is 10.2 Å². The second-order valence-electron chi connectivity index (χ2n) is 6.66. The average Bonchev–Trinajstić information content (AvgIpc) is 2.61. The summed E-state index contributed by atoms with van der Waals surface area (Å²) in [6.07, 6.45) is 5.38. The van der Waals surface area contributed by atoms with Gasteiger partial charge in [0.15, 0.2) is 0 Å². The van der Waals surface area contributed by atoms with Crippen LogP contribution in [-0.4, -0.2) is 29.8 Å². The molecule has 3 rings (SSSR count). The van der Waals surface area contributed by atoms with Crippen LogP contribution in [0.25, 0.3) is 0 Å². The van der Waals surface area contributed by atoms with Crippen molar-refractivity contribution in [2.75, 3.05) is 13.1 Å². The highest BCUT2D eigenvalue weighted by Gasteiger charge is 2.29. The highest BCUT2D eigenvalue weighted by atomic mass is 16.2. The number of carbonyl (C=O) groups is 2. The summed E-state index contributed by atoms with van der Waals surface area (Å²) in [7, 11) is 0. The zero-order valence-electron chi connectivity index (χ0n) is 13.9. The first-order valence-electron chi connectivity index (χ1n) is 8.85. The summed E-state index contributed by atoms with van der Waals surface area (Å²) in [6, 6.07) is 8.59. The summed E-state index contributed by atoms with van der Waals surface area (Å²) >= 11 is 0. The van der Waals surface area contributed by atoms with E-state index in [9.17, 15) is 9.59 Å². The molecule has 4 heteroatoms. The van der Waals surface area contributed by atoms with Crippen LogP contribution in [0, 0.1) is 5.92 Å². The fourth-order valence-electron chi connectivity index (χ4n) is 3.81. The number of nitrogens with zero attached hydrogens (tertiary/aromatic N) is 1. The van der Waals surface area contributed by atoms with Crippen molar-refractivity contribution < 1.29 is 9.59 Å². The molecule has 4 nitrogen and oxygen atoms in total. The van der Waals surface area contributed by atoms with Gasteiger partial charge in [0, 0.05) is 25.4 Å². The lowest BCUT2D eigenvalue weighted by Gasteiger charge is -2.33. The molecule has 1 unspecified atom stereocenters. The molecule has 1 saturated heterocycles. The predicted molar refractivity (Wildman–Crippen MR) is 89.9 cm³/mol. The van der Waals surface area contributed by atoms with E-state index < -0.39 is 0 Å². The van der Waals surface area contributed by atoms with Gasteiger partial charge in [-0.1, -0.05) is 31.2 Å². The Morgan fingerprint density at radius 3 is 2.65 bits per heavy atom. The number of carbonyl (C=O) groups excluding carboxylic acids is 2. The molecule has 1 fully saturated rings. The van der Waals surface area contributed by atoms with E-state index in [0.717, 1.165) is 32.1 Å². The molecular weight excluding hydrogens is 288 g/mol. The van der Waals surface area contributed by atoms with Crippen molar-refractivity contribution in [2.24, 2.45) is 5.92 Å². The van der Waals surface area contributed by atoms with E-state index >= 15 is 0 Å². The number of likely N-dealkylation sites (tertiary alicyclic amines) is 1. The monoisotopic (exact) mass is 314 g/mol. The molecule has 1 aromatic rings. The van der Waals surface area contributed by atoms with E-state index in [1.807, 2.05) is 11.8 Å². The van der Waals surface area contributed by atoms with Crippen LogP contribution < -0.4 is 5.32 Å². The molecule has 0 bridgehead atoms. The molecule has 2 amide bonds. The van der Waals surface area contributed by atoms with E-state index in [1.165, 1.54) is 11.1 Å². The zero-order chi connectivity index (χ0) is 16.2. The van der Waals surface area contributed by atoms with Gasteiger partial charge in [-0.15, -0.1) is 0 Å². The lowest BCUT2D eigenvalue weighted by Crippen LogP contribution is -2.43. The number of nitrogens with one attached hydrogen (secondary N) is 1. The Morgan fingerprint density at radius 1 is 1.17 bits per heavy atom. The maximum absolute atomic E-state index is 12.6. The van der Waals surface area contributed by atoms with Crippen LogP contribution in [0.4, 0.5) is 0 Å². The van der Waals surface area contributed by atoms with Crippen molar-refractivity contribution in [1.29, 1.82) is 0 Å². The Morgan fingerprint density at radius 2 is 1.91 bits per heavy atom. The minimum Gasteiger partial charge on any atom is -0.349 e. The van der Waals surface area contributed by atoms with Crippen LogP contribution in [0.5, 0.6) is 0 Å². The highest BCUT2D eigenvalue weighted by Crippen LogP contribution is 2.30. The Labute approximate surface area is 138 Å². The fraction of sp³-hybridized carbons (Fsp3) is 0.579. The van der Waals surface area contributed by atoms with Gasteiger partial charge in [0.2, 0.25) is 11.8 Å². The number of hydrogen-bond donors (Lipinski definition) is 1. The average molecular weight is 314 g/mol. The van der Waals surface area contributed by atoms with Gasteiger partial charge in [-0.25, -0.2) is 0 Å². The van der Waals surface area contributed by atoms with Crippen LogP contribution in [0.2, 0.25) is 0 Å². The molecule has 0 spiro atoms. The van der Waals surface area contributed by atoms with Gasteiger partial charge in [0.05, 0.1) is 6.04 Å². The highest BCUT2D eigenvalue weighted by molar-refractivity contribution is 5.80. The Bertz CT molecular complexity index is 576. The summed E-state index contributed by atoms with van der Waals surface area (Å²) < 4.78 is 0. The number of fused-ring (bicyclic) bond motifs is 1.